The average molecular weight is 381 g/mol. The number of amides is 1. The number of hydrogen-bond acceptors (Lipinski definition) is 3. The van der Waals surface area contributed by atoms with Crippen LogP contribution in [0.25, 0.3) is 5.69 Å². The molecule has 0 atom stereocenters. The van der Waals surface area contributed by atoms with E-state index in [0.717, 1.165) is 24.3 Å². The zero-order chi connectivity index (χ0) is 18.6. The lowest BCUT2D eigenvalue weighted by Gasteiger charge is -2.21. The Morgan fingerprint density at radius 2 is 1.70 bits per heavy atom. The molecule has 0 bridgehead atoms. The SMILES string of the molecule is O=C(NCc1ccccc1N1CCCC1)c1ccn(-c2ccccc2Cl)n1. The van der Waals surface area contributed by atoms with Crippen LogP contribution in [0.2, 0.25) is 5.02 Å². The Kier molecular flexibility index (Phi) is 5.12. The third-order valence-electron chi connectivity index (χ3n) is 4.80. The van der Waals surface area contributed by atoms with Gasteiger partial charge in [0.15, 0.2) is 5.69 Å². The number of rotatable bonds is 5. The summed E-state index contributed by atoms with van der Waals surface area (Å²) in [4.78, 5) is 14.9. The second kappa shape index (κ2) is 7.84. The first kappa shape index (κ1) is 17.6. The lowest BCUT2D eigenvalue weighted by molar-refractivity contribution is 0.0945. The van der Waals surface area contributed by atoms with Crippen molar-refractivity contribution in [2.24, 2.45) is 0 Å². The van der Waals surface area contributed by atoms with Crippen molar-refractivity contribution < 1.29 is 4.79 Å². The number of aromatic nitrogens is 2. The Labute approximate surface area is 163 Å². The van der Waals surface area contributed by atoms with Crippen molar-refractivity contribution >= 4 is 23.2 Å². The zero-order valence-electron chi connectivity index (χ0n) is 14.9. The van der Waals surface area contributed by atoms with E-state index >= 15 is 0 Å². The molecule has 1 saturated heterocycles. The van der Waals surface area contributed by atoms with Crippen LogP contribution in [-0.4, -0.2) is 28.8 Å². The summed E-state index contributed by atoms with van der Waals surface area (Å²) >= 11 is 6.20. The molecule has 0 unspecified atom stereocenters. The third kappa shape index (κ3) is 3.83. The topological polar surface area (TPSA) is 50.2 Å². The normalized spacial score (nSPS) is 13.7. The Morgan fingerprint density at radius 3 is 2.48 bits per heavy atom. The molecule has 2 heterocycles. The molecule has 1 amide bonds. The fourth-order valence-corrected chi connectivity index (χ4v) is 3.63. The molecule has 1 aliphatic heterocycles. The molecule has 0 saturated carbocycles. The van der Waals surface area contributed by atoms with E-state index < -0.39 is 0 Å². The minimum absolute atomic E-state index is 0.197. The summed E-state index contributed by atoms with van der Waals surface area (Å²) in [6.45, 7) is 2.63. The van der Waals surface area contributed by atoms with Crippen molar-refractivity contribution in [3.8, 4) is 5.69 Å². The molecule has 4 rings (SSSR count). The number of carbonyl (C=O) groups is 1. The van der Waals surface area contributed by atoms with Gasteiger partial charge < -0.3 is 10.2 Å². The largest absolute Gasteiger partial charge is 0.371 e. The summed E-state index contributed by atoms with van der Waals surface area (Å²) in [6.07, 6.45) is 4.19. The van der Waals surface area contributed by atoms with Crippen LogP contribution in [0.15, 0.2) is 60.8 Å². The van der Waals surface area contributed by atoms with Gasteiger partial charge in [-0.15, -0.1) is 0 Å². The van der Waals surface area contributed by atoms with E-state index in [-0.39, 0.29) is 5.91 Å². The van der Waals surface area contributed by atoms with Crippen LogP contribution < -0.4 is 10.2 Å². The number of hydrogen-bond donors (Lipinski definition) is 1. The highest BCUT2D eigenvalue weighted by Gasteiger charge is 2.16. The highest BCUT2D eigenvalue weighted by atomic mass is 35.5. The highest BCUT2D eigenvalue weighted by Crippen LogP contribution is 2.24. The summed E-state index contributed by atoms with van der Waals surface area (Å²) in [5, 5.41) is 7.94. The van der Waals surface area contributed by atoms with Crippen molar-refractivity contribution in [2.45, 2.75) is 19.4 Å². The van der Waals surface area contributed by atoms with Gasteiger partial charge in [-0.2, -0.15) is 5.10 Å². The van der Waals surface area contributed by atoms with Crippen LogP contribution in [0.4, 0.5) is 5.69 Å². The van der Waals surface area contributed by atoms with E-state index in [2.05, 4.69) is 27.4 Å². The van der Waals surface area contributed by atoms with Crippen LogP contribution in [0, 0.1) is 0 Å². The lowest BCUT2D eigenvalue weighted by atomic mass is 10.1. The molecule has 2 aromatic carbocycles. The Balaban J connectivity index is 1.46. The summed E-state index contributed by atoms with van der Waals surface area (Å²) in [5.74, 6) is -0.197. The van der Waals surface area contributed by atoms with Gasteiger partial charge in [-0.3, -0.25) is 4.79 Å². The maximum Gasteiger partial charge on any atom is 0.272 e. The summed E-state index contributed by atoms with van der Waals surface area (Å²) in [6, 6.07) is 17.4. The minimum Gasteiger partial charge on any atom is -0.371 e. The summed E-state index contributed by atoms with van der Waals surface area (Å²) in [7, 11) is 0. The molecule has 3 aromatic rings. The van der Waals surface area contributed by atoms with E-state index in [9.17, 15) is 4.79 Å². The maximum atomic E-state index is 12.5. The van der Waals surface area contributed by atoms with Crippen LogP contribution in [-0.2, 0) is 6.54 Å². The fraction of sp³-hybridized carbons (Fsp3) is 0.238. The molecule has 1 aromatic heterocycles. The van der Waals surface area contributed by atoms with E-state index in [4.69, 9.17) is 11.6 Å². The molecular weight excluding hydrogens is 360 g/mol. The first-order valence-electron chi connectivity index (χ1n) is 9.14. The molecule has 6 heteroatoms. The molecule has 1 N–H and O–H groups in total. The lowest BCUT2D eigenvalue weighted by Crippen LogP contribution is -2.26. The summed E-state index contributed by atoms with van der Waals surface area (Å²) in [5.41, 5.74) is 3.45. The molecule has 1 aliphatic rings. The highest BCUT2D eigenvalue weighted by molar-refractivity contribution is 6.32. The number of halogens is 1. The predicted molar refractivity (Wildman–Crippen MR) is 108 cm³/mol. The second-order valence-corrected chi connectivity index (χ2v) is 7.01. The van der Waals surface area contributed by atoms with Crippen molar-refractivity contribution in [1.82, 2.24) is 15.1 Å². The number of nitrogens with zero attached hydrogens (tertiary/aromatic N) is 3. The maximum absolute atomic E-state index is 12.5. The van der Waals surface area contributed by atoms with E-state index in [1.165, 1.54) is 18.5 Å². The van der Waals surface area contributed by atoms with E-state index in [0.29, 0.717) is 17.3 Å². The van der Waals surface area contributed by atoms with Gasteiger partial charge in [-0.05, 0) is 42.7 Å². The molecule has 27 heavy (non-hydrogen) atoms. The van der Waals surface area contributed by atoms with Gasteiger partial charge >= 0.3 is 0 Å². The standard InChI is InChI=1S/C21H21ClN4O/c22-17-8-2-4-10-20(17)26-14-11-18(24-26)21(27)23-15-16-7-1-3-9-19(16)25-12-5-6-13-25/h1-4,7-11,14H,5-6,12-13,15H2,(H,23,27). The molecular formula is C21H21ClN4O. The van der Waals surface area contributed by atoms with Crippen LogP contribution in [0.5, 0.6) is 0 Å². The molecule has 0 radical (unpaired) electrons. The van der Waals surface area contributed by atoms with Crippen molar-refractivity contribution in [3.05, 3.63) is 77.1 Å². The van der Waals surface area contributed by atoms with Gasteiger partial charge in [0, 0.05) is 31.5 Å². The number of benzene rings is 2. The molecule has 5 nitrogen and oxygen atoms in total. The average Bonchev–Trinajstić information content (AvgIpc) is 3.39. The second-order valence-electron chi connectivity index (χ2n) is 6.60. The number of carbonyl (C=O) groups excluding carboxylic acids is 1. The molecule has 0 spiro atoms. The Hall–Kier alpha value is -2.79. The predicted octanol–water partition coefficient (Wildman–Crippen LogP) is 4.06. The monoisotopic (exact) mass is 380 g/mol. The van der Waals surface area contributed by atoms with Gasteiger partial charge in [0.05, 0.1) is 10.7 Å². The van der Waals surface area contributed by atoms with Gasteiger partial charge in [0.2, 0.25) is 0 Å². The minimum atomic E-state index is -0.197. The number of nitrogens with one attached hydrogen (secondary N) is 1. The Bertz CT molecular complexity index is 947. The van der Waals surface area contributed by atoms with Crippen molar-refractivity contribution in [2.75, 3.05) is 18.0 Å². The van der Waals surface area contributed by atoms with Crippen molar-refractivity contribution in [1.29, 1.82) is 0 Å². The van der Waals surface area contributed by atoms with Gasteiger partial charge in [-0.25, -0.2) is 4.68 Å². The van der Waals surface area contributed by atoms with E-state index in [1.807, 2.05) is 30.3 Å². The summed E-state index contributed by atoms with van der Waals surface area (Å²) < 4.78 is 1.62. The van der Waals surface area contributed by atoms with Gasteiger partial charge in [0.25, 0.3) is 5.91 Å². The Morgan fingerprint density at radius 1 is 1.00 bits per heavy atom. The third-order valence-corrected chi connectivity index (χ3v) is 5.12. The van der Waals surface area contributed by atoms with Gasteiger partial charge in [-0.1, -0.05) is 41.9 Å². The number of para-hydroxylation sites is 2. The smallest absolute Gasteiger partial charge is 0.272 e. The van der Waals surface area contributed by atoms with Crippen LogP contribution in [0.3, 0.4) is 0 Å². The molecule has 0 aliphatic carbocycles. The quantitative estimate of drug-likeness (QED) is 0.726. The van der Waals surface area contributed by atoms with Gasteiger partial charge in [0.1, 0.15) is 0 Å². The number of anilines is 1. The van der Waals surface area contributed by atoms with Crippen LogP contribution in [0.1, 0.15) is 28.9 Å². The van der Waals surface area contributed by atoms with Crippen LogP contribution >= 0.6 is 11.6 Å². The van der Waals surface area contributed by atoms with Crippen molar-refractivity contribution in [3.63, 3.8) is 0 Å². The molecule has 1 fully saturated rings. The first-order chi connectivity index (χ1) is 13.2. The first-order valence-corrected chi connectivity index (χ1v) is 9.52. The molecule has 138 valence electrons. The zero-order valence-corrected chi connectivity index (χ0v) is 15.7. The van der Waals surface area contributed by atoms with E-state index in [1.54, 1.807) is 23.0 Å². The fourth-order valence-electron chi connectivity index (χ4n) is 3.41.